The summed E-state index contributed by atoms with van der Waals surface area (Å²) in [6.45, 7) is 8.16. The minimum absolute atomic E-state index is 0.467. The fourth-order valence-electron chi connectivity index (χ4n) is 3.75. The SMILES string of the molecule is Cn1ncnc1CNC(C)(CCC1CC1)c1nnnn1-c1ccc(NC(=O)OC(C)(C)C)cc1. The van der Waals surface area contributed by atoms with Gasteiger partial charge in [0.05, 0.1) is 17.8 Å². The van der Waals surface area contributed by atoms with Crippen molar-refractivity contribution in [3.63, 3.8) is 0 Å². The highest BCUT2D eigenvalue weighted by Crippen LogP contribution is 2.38. The molecule has 4 rings (SSSR count). The van der Waals surface area contributed by atoms with Crippen molar-refractivity contribution in [3.8, 4) is 5.69 Å². The number of hydrogen-bond acceptors (Lipinski definition) is 8. The number of nitrogens with zero attached hydrogens (tertiary/aromatic N) is 7. The lowest BCUT2D eigenvalue weighted by molar-refractivity contribution is 0.0636. The van der Waals surface area contributed by atoms with Gasteiger partial charge in [0.15, 0.2) is 5.82 Å². The summed E-state index contributed by atoms with van der Waals surface area (Å²) in [4.78, 5) is 16.4. The molecule has 1 aromatic carbocycles. The van der Waals surface area contributed by atoms with Crippen molar-refractivity contribution in [1.29, 1.82) is 0 Å². The highest BCUT2D eigenvalue weighted by molar-refractivity contribution is 5.84. The van der Waals surface area contributed by atoms with Crippen LogP contribution in [-0.2, 0) is 23.9 Å². The normalized spacial score (nSPS) is 15.7. The Kier molecular flexibility index (Phi) is 6.65. The van der Waals surface area contributed by atoms with Crippen LogP contribution in [0.2, 0.25) is 0 Å². The van der Waals surface area contributed by atoms with E-state index in [1.54, 1.807) is 27.8 Å². The van der Waals surface area contributed by atoms with Crippen LogP contribution in [0.25, 0.3) is 5.69 Å². The van der Waals surface area contributed by atoms with Gasteiger partial charge in [0, 0.05) is 12.7 Å². The summed E-state index contributed by atoms with van der Waals surface area (Å²) >= 11 is 0. The number of amides is 1. The van der Waals surface area contributed by atoms with Gasteiger partial charge in [0.25, 0.3) is 0 Å². The molecule has 1 aliphatic carbocycles. The third-order valence-corrected chi connectivity index (χ3v) is 5.91. The van der Waals surface area contributed by atoms with E-state index in [0.29, 0.717) is 12.2 Å². The van der Waals surface area contributed by atoms with E-state index in [-0.39, 0.29) is 0 Å². The summed E-state index contributed by atoms with van der Waals surface area (Å²) in [5.74, 6) is 2.34. The molecular weight excluding hydrogens is 434 g/mol. The number of nitrogens with one attached hydrogen (secondary N) is 2. The van der Waals surface area contributed by atoms with E-state index in [4.69, 9.17) is 4.74 Å². The molecule has 11 nitrogen and oxygen atoms in total. The number of carbonyl (C=O) groups excluding carboxylic acids is 1. The van der Waals surface area contributed by atoms with Crippen LogP contribution in [0.3, 0.4) is 0 Å². The van der Waals surface area contributed by atoms with Crippen molar-refractivity contribution in [2.24, 2.45) is 13.0 Å². The largest absolute Gasteiger partial charge is 0.444 e. The smallest absolute Gasteiger partial charge is 0.412 e. The maximum atomic E-state index is 12.1. The molecule has 1 atom stereocenters. The monoisotopic (exact) mass is 467 g/mol. The van der Waals surface area contributed by atoms with E-state index >= 15 is 0 Å². The number of aromatic nitrogens is 7. The van der Waals surface area contributed by atoms with Crippen LogP contribution in [0.4, 0.5) is 10.5 Å². The zero-order valence-electron chi connectivity index (χ0n) is 20.4. The first kappa shape index (κ1) is 23.8. The quantitative estimate of drug-likeness (QED) is 0.491. The molecule has 1 amide bonds. The van der Waals surface area contributed by atoms with Crippen LogP contribution in [0.5, 0.6) is 0 Å². The van der Waals surface area contributed by atoms with Crippen LogP contribution < -0.4 is 10.6 Å². The molecule has 1 unspecified atom stereocenters. The third kappa shape index (κ3) is 5.96. The molecule has 2 heterocycles. The molecule has 182 valence electrons. The van der Waals surface area contributed by atoms with Gasteiger partial charge in [-0.1, -0.05) is 12.8 Å². The average Bonchev–Trinajstić information content (AvgIpc) is 3.29. The fraction of sp³-hybridized carbons (Fsp3) is 0.565. The van der Waals surface area contributed by atoms with Gasteiger partial charge in [-0.05, 0) is 81.1 Å². The Hall–Kier alpha value is -3.34. The van der Waals surface area contributed by atoms with Gasteiger partial charge in [-0.3, -0.25) is 15.3 Å². The zero-order chi connectivity index (χ0) is 24.3. The number of aryl methyl sites for hydroxylation is 1. The molecule has 1 fully saturated rings. The highest BCUT2D eigenvalue weighted by Gasteiger charge is 2.35. The number of benzene rings is 1. The molecule has 0 radical (unpaired) electrons. The number of carbonyl (C=O) groups is 1. The van der Waals surface area contributed by atoms with Crippen LogP contribution in [-0.4, -0.2) is 46.7 Å². The Labute approximate surface area is 199 Å². The molecule has 2 aromatic heterocycles. The van der Waals surface area contributed by atoms with Crippen molar-refractivity contribution in [3.05, 3.63) is 42.2 Å². The van der Waals surface area contributed by atoms with Gasteiger partial charge in [-0.2, -0.15) is 9.78 Å². The van der Waals surface area contributed by atoms with Crippen LogP contribution in [0, 0.1) is 5.92 Å². The van der Waals surface area contributed by atoms with Gasteiger partial charge in [0.2, 0.25) is 0 Å². The van der Waals surface area contributed by atoms with Crippen LogP contribution in [0.1, 0.15) is 65.0 Å². The number of anilines is 1. The molecule has 0 aliphatic heterocycles. The minimum Gasteiger partial charge on any atom is -0.444 e. The van der Waals surface area contributed by atoms with Gasteiger partial charge < -0.3 is 4.74 Å². The average molecular weight is 468 g/mol. The number of rotatable bonds is 9. The Bertz CT molecular complexity index is 1110. The molecule has 0 spiro atoms. The standard InChI is InChI=1S/C23H33N9O2/c1-22(2,3)34-21(33)27-17-8-10-18(11-9-17)32-20(28-29-30-32)23(4,13-12-16-6-7-16)25-14-19-24-15-26-31(19)5/h8-11,15-16,25H,6-7,12-14H2,1-5H3,(H,27,33). The minimum atomic E-state index is -0.561. The lowest BCUT2D eigenvalue weighted by Gasteiger charge is -2.30. The van der Waals surface area contributed by atoms with E-state index in [1.807, 2.05) is 40.0 Å². The Balaban J connectivity index is 1.53. The lowest BCUT2D eigenvalue weighted by Crippen LogP contribution is -2.42. The summed E-state index contributed by atoms with van der Waals surface area (Å²) in [6.07, 6.45) is 5.63. The number of tetrazole rings is 1. The summed E-state index contributed by atoms with van der Waals surface area (Å²) < 4.78 is 8.82. The molecule has 0 saturated heterocycles. The van der Waals surface area contributed by atoms with Crippen molar-refractivity contribution >= 4 is 11.8 Å². The maximum absolute atomic E-state index is 12.1. The third-order valence-electron chi connectivity index (χ3n) is 5.91. The van der Waals surface area contributed by atoms with E-state index < -0.39 is 17.2 Å². The van der Waals surface area contributed by atoms with E-state index in [0.717, 1.165) is 36.1 Å². The molecule has 11 heteroatoms. The molecule has 1 saturated carbocycles. The van der Waals surface area contributed by atoms with Crippen molar-refractivity contribution in [2.45, 2.75) is 71.1 Å². The molecule has 34 heavy (non-hydrogen) atoms. The van der Waals surface area contributed by atoms with Crippen molar-refractivity contribution in [2.75, 3.05) is 5.32 Å². The van der Waals surface area contributed by atoms with Gasteiger partial charge in [-0.25, -0.2) is 9.78 Å². The molecule has 1 aliphatic rings. The number of ether oxygens (including phenoxy) is 1. The van der Waals surface area contributed by atoms with Gasteiger partial charge in [-0.15, -0.1) is 5.10 Å². The van der Waals surface area contributed by atoms with E-state index in [9.17, 15) is 4.79 Å². The fourth-order valence-corrected chi connectivity index (χ4v) is 3.75. The molecule has 0 bridgehead atoms. The Morgan fingerprint density at radius 1 is 1.18 bits per heavy atom. The predicted octanol–water partition coefficient (Wildman–Crippen LogP) is 3.33. The second kappa shape index (κ2) is 9.49. The number of hydrogen-bond donors (Lipinski definition) is 2. The zero-order valence-corrected chi connectivity index (χ0v) is 20.4. The van der Waals surface area contributed by atoms with E-state index in [1.165, 1.54) is 12.8 Å². The first-order valence-corrected chi connectivity index (χ1v) is 11.6. The summed E-state index contributed by atoms with van der Waals surface area (Å²) in [5, 5.41) is 23.2. The summed E-state index contributed by atoms with van der Waals surface area (Å²) in [6, 6.07) is 7.35. The Morgan fingerprint density at radius 2 is 1.91 bits per heavy atom. The van der Waals surface area contributed by atoms with Crippen LogP contribution >= 0.6 is 0 Å². The second-order valence-electron chi connectivity index (χ2n) is 10.1. The molecule has 2 N–H and O–H groups in total. The van der Waals surface area contributed by atoms with Gasteiger partial charge in [0.1, 0.15) is 17.8 Å². The predicted molar refractivity (Wildman–Crippen MR) is 126 cm³/mol. The van der Waals surface area contributed by atoms with Crippen molar-refractivity contribution < 1.29 is 9.53 Å². The second-order valence-corrected chi connectivity index (χ2v) is 10.1. The highest BCUT2D eigenvalue weighted by atomic mass is 16.6. The van der Waals surface area contributed by atoms with Gasteiger partial charge >= 0.3 is 6.09 Å². The topological polar surface area (TPSA) is 125 Å². The van der Waals surface area contributed by atoms with Crippen molar-refractivity contribution in [1.82, 2.24) is 40.3 Å². The first-order chi connectivity index (χ1) is 16.1. The lowest BCUT2D eigenvalue weighted by atomic mass is 9.92. The Morgan fingerprint density at radius 3 is 2.53 bits per heavy atom. The maximum Gasteiger partial charge on any atom is 0.412 e. The molecule has 3 aromatic rings. The summed E-state index contributed by atoms with van der Waals surface area (Å²) in [7, 11) is 1.88. The first-order valence-electron chi connectivity index (χ1n) is 11.6. The van der Waals surface area contributed by atoms with Crippen LogP contribution in [0.15, 0.2) is 30.6 Å². The van der Waals surface area contributed by atoms with E-state index in [2.05, 4.69) is 43.2 Å². The molecular formula is C23H33N9O2. The summed E-state index contributed by atoms with van der Waals surface area (Å²) in [5.41, 5.74) is 0.400.